The van der Waals surface area contributed by atoms with Crippen molar-refractivity contribution in [1.29, 1.82) is 0 Å². The summed E-state index contributed by atoms with van der Waals surface area (Å²) in [4.78, 5) is 27.5. The Morgan fingerprint density at radius 2 is 2.00 bits per heavy atom. The van der Waals surface area contributed by atoms with Gasteiger partial charge in [-0.2, -0.15) is 5.10 Å². The molecular weight excluding hydrogens is 531 g/mol. The number of H-pyrrole nitrogens is 1. The average molecular weight is 567 g/mol. The van der Waals surface area contributed by atoms with Crippen molar-refractivity contribution in [2.24, 2.45) is 5.92 Å². The first kappa shape index (κ1) is 28.3. The number of piperidine rings is 1. The maximum atomic E-state index is 14.8. The van der Waals surface area contributed by atoms with Gasteiger partial charge >= 0.3 is 6.09 Å². The molecule has 218 valence electrons. The van der Waals surface area contributed by atoms with Crippen LogP contribution in [0.2, 0.25) is 0 Å². The number of halogens is 1. The zero-order chi connectivity index (χ0) is 29.0. The molecule has 3 heterocycles. The number of likely N-dealkylation sites (tertiary alicyclic amines) is 1. The third kappa shape index (κ3) is 7.08. The van der Waals surface area contributed by atoms with Gasteiger partial charge in [-0.25, -0.2) is 9.18 Å². The molecule has 11 heteroatoms. The highest BCUT2D eigenvalue weighted by molar-refractivity contribution is 5.94. The highest BCUT2D eigenvalue weighted by Crippen LogP contribution is 2.38. The number of ether oxygens (including phenoxy) is 4. The van der Waals surface area contributed by atoms with Gasteiger partial charge in [-0.1, -0.05) is 6.07 Å². The molecule has 10 nitrogen and oxygen atoms in total. The summed E-state index contributed by atoms with van der Waals surface area (Å²) >= 11 is 0. The van der Waals surface area contributed by atoms with Gasteiger partial charge in [0.2, 0.25) is 6.79 Å². The van der Waals surface area contributed by atoms with Crippen molar-refractivity contribution in [1.82, 2.24) is 20.4 Å². The average Bonchev–Trinajstić information content (AvgIpc) is 3.63. The lowest BCUT2D eigenvalue weighted by Crippen LogP contribution is -2.46. The van der Waals surface area contributed by atoms with E-state index in [0.717, 1.165) is 11.1 Å². The summed E-state index contributed by atoms with van der Waals surface area (Å²) in [6, 6.07) is 10.0. The number of benzene rings is 2. The Kier molecular flexibility index (Phi) is 8.32. The van der Waals surface area contributed by atoms with Gasteiger partial charge in [-0.05, 0) is 74.9 Å². The van der Waals surface area contributed by atoms with Gasteiger partial charge in [-0.3, -0.25) is 9.89 Å². The Labute approximate surface area is 238 Å². The van der Waals surface area contributed by atoms with E-state index in [0.29, 0.717) is 49.7 Å². The first-order valence-corrected chi connectivity index (χ1v) is 13.7. The van der Waals surface area contributed by atoms with Gasteiger partial charge in [-0.15, -0.1) is 0 Å². The van der Waals surface area contributed by atoms with E-state index in [-0.39, 0.29) is 36.9 Å². The van der Waals surface area contributed by atoms with Crippen LogP contribution in [0.1, 0.15) is 54.6 Å². The van der Waals surface area contributed by atoms with E-state index < -0.39 is 17.3 Å². The Balaban J connectivity index is 1.32. The molecule has 5 rings (SSSR count). The summed E-state index contributed by atoms with van der Waals surface area (Å²) in [6.07, 6.45) is 4.22. The molecule has 1 fully saturated rings. The number of rotatable bonds is 8. The molecule has 3 aromatic rings. The first-order chi connectivity index (χ1) is 19.7. The lowest BCUT2D eigenvalue weighted by atomic mass is 9.80. The molecule has 2 aromatic carbocycles. The molecular formula is C30H35FN4O6. The van der Waals surface area contributed by atoms with Gasteiger partial charge in [0.15, 0.2) is 11.5 Å². The smallest absolute Gasteiger partial charge is 0.410 e. The fraction of sp³-hybridized carbons (Fsp3) is 0.433. The fourth-order valence-electron chi connectivity index (χ4n) is 5.08. The summed E-state index contributed by atoms with van der Waals surface area (Å²) in [7, 11) is 0. The molecule has 41 heavy (non-hydrogen) atoms. The largest absolute Gasteiger partial charge is 0.493 e. The molecule has 0 aliphatic carbocycles. The molecule has 2 amide bonds. The molecule has 0 saturated carbocycles. The van der Waals surface area contributed by atoms with Crippen LogP contribution in [0, 0.1) is 11.7 Å². The number of hydrogen-bond acceptors (Lipinski definition) is 7. The summed E-state index contributed by atoms with van der Waals surface area (Å²) in [5, 5.41) is 9.42. The van der Waals surface area contributed by atoms with Crippen molar-refractivity contribution in [2.75, 3.05) is 33.0 Å². The van der Waals surface area contributed by atoms with Crippen LogP contribution in [0.5, 0.6) is 17.2 Å². The number of nitrogens with one attached hydrogen (secondary N) is 2. The standard InChI is InChI=1S/C30H35FN4O6/c1-30(2,3)41-29(37)35-11-9-23(21(16-35)17-38-22-5-7-26-27(13-22)40-18-39-26)20-4-6-25(31)24(12-20)28(36)32-10-8-19-14-33-34-15-19/h4-7,12-15,21,23H,8-11,16-18H2,1-3H3,(H,32,36)(H,33,34)/t21-,23+/m1/s1. The number of fused-ring (bicyclic) bond motifs is 1. The lowest BCUT2D eigenvalue weighted by molar-refractivity contribution is 0.0111. The second kappa shape index (κ2) is 12.1. The van der Waals surface area contributed by atoms with Crippen LogP contribution in [-0.2, 0) is 11.2 Å². The number of nitrogens with zero attached hydrogens (tertiary/aromatic N) is 2. The lowest BCUT2D eigenvalue weighted by Gasteiger charge is -2.39. The van der Waals surface area contributed by atoms with Crippen LogP contribution in [0.3, 0.4) is 0 Å². The van der Waals surface area contributed by atoms with Gasteiger partial charge in [0.05, 0.1) is 18.4 Å². The van der Waals surface area contributed by atoms with Crippen LogP contribution in [0.15, 0.2) is 48.8 Å². The van der Waals surface area contributed by atoms with E-state index in [1.807, 2.05) is 20.8 Å². The number of carbonyl (C=O) groups excluding carboxylic acids is 2. The third-order valence-corrected chi connectivity index (χ3v) is 7.11. The second-order valence-corrected chi connectivity index (χ2v) is 11.3. The predicted molar refractivity (Wildman–Crippen MR) is 148 cm³/mol. The van der Waals surface area contributed by atoms with Crippen LogP contribution in [-0.4, -0.2) is 65.7 Å². The Bertz CT molecular complexity index is 1370. The maximum absolute atomic E-state index is 14.8. The summed E-state index contributed by atoms with van der Waals surface area (Å²) in [6.45, 7) is 7.14. The monoisotopic (exact) mass is 566 g/mol. The van der Waals surface area contributed by atoms with Crippen molar-refractivity contribution >= 4 is 12.0 Å². The molecule has 0 radical (unpaired) electrons. The van der Waals surface area contributed by atoms with E-state index in [2.05, 4.69) is 15.5 Å². The number of aromatic nitrogens is 2. The Morgan fingerprint density at radius 3 is 2.78 bits per heavy atom. The summed E-state index contributed by atoms with van der Waals surface area (Å²) in [5.41, 5.74) is 1.12. The molecule has 2 aliphatic rings. The molecule has 0 unspecified atom stereocenters. The zero-order valence-corrected chi connectivity index (χ0v) is 23.4. The molecule has 2 atom stereocenters. The maximum Gasteiger partial charge on any atom is 0.410 e. The minimum atomic E-state index is -0.622. The third-order valence-electron chi connectivity index (χ3n) is 7.11. The SMILES string of the molecule is CC(C)(C)OC(=O)N1CC[C@@H](c2ccc(F)c(C(=O)NCCc3cn[nH]c3)c2)[C@@H](COc2ccc3c(c2)OCO3)C1. The highest BCUT2D eigenvalue weighted by atomic mass is 19.1. The molecule has 1 aromatic heterocycles. The van der Waals surface area contributed by atoms with E-state index in [1.54, 1.807) is 47.6 Å². The van der Waals surface area contributed by atoms with E-state index >= 15 is 0 Å². The van der Waals surface area contributed by atoms with Crippen molar-refractivity contribution in [3.8, 4) is 17.2 Å². The van der Waals surface area contributed by atoms with Gasteiger partial charge in [0, 0.05) is 37.8 Å². The topological polar surface area (TPSA) is 115 Å². The van der Waals surface area contributed by atoms with Crippen LogP contribution in [0.4, 0.5) is 9.18 Å². The second-order valence-electron chi connectivity index (χ2n) is 11.3. The normalized spacial score (nSPS) is 18.2. The zero-order valence-electron chi connectivity index (χ0n) is 23.4. The minimum Gasteiger partial charge on any atom is -0.493 e. The minimum absolute atomic E-state index is 0.0142. The van der Waals surface area contributed by atoms with Crippen LogP contribution >= 0.6 is 0 Å². The van der Waals surface area contributed by atoms with Crippen LogP contribution in [0.25, 0.3) is 0 Å². The van der Waals surface area contributed by atoms with Crippen molar-refractivity contribution in [3.63, 3.8) is 0 Å². The Morgan fingerprint density at radius 1 is 1.17 bits per heavy atom. The van der Waals surface area contributed by atoms with E-state index in [1.165, 1.54) is 6.07 Å². The summed E-state index contributed by atoms with van der Waals surface area (Å²) < 4.78 is 37.4. The Hall–Kier alpha value is -4.28. The van der Waals surface area contributed by atoms with Gasteiger partial charge in [0.25, 0.3) is 5.91 Å². The number of carbonyl (C=O) groups is 2. The van der Waals surface area contributed by atoms with Crippen molar-refractivity contribution < 1.29 is 32.9 Å². The van der Waals surface area contributed by atoms with E-state index in [9.17, 15) is 14.0 Å². The van der Waals surface area contributed by atoms with E-state index in [4.69, 9.17) is 18.9 Å². The van der Waals surface area contributed by atoms with Gasteiger partial charge < -0.3 is 29.2 Å². The van der Waals surface area contributed by atoms with Crippen molar-refractivity contribution in [3.05, 3.63) is 71.3 Å². The predicted octanol–water partition coefficient (Wildman–Crippen LogP) is 4.67. The highest BCUT2D eigenvalue weighted by Gasteiger charge is 2.35. The van der Waals surface area contributed by atoms with Crippen LogP contribution < -0.4 is 19.5 Å². The molecule has 1 saturated heterocycles. The summed E-state index contributed by atoms with van der Waals surface area (Å²) in [5.74, 6) is 0.580. The van der Waals surface area contributed by atoms with Crippen molar-refractivity contribution in [2.45, 2.75) is 45.1 Å². The first-order valence-electron chi connectivity index (χ1n) is 13.7. The quantitative estimate of drug-likeness (QED) is 0.407. The molecule has 0 bridgehead atoms. The molecule has 2 aliphatic heterocycles. The number of amides is 2. The number of aromatic amines is 1. The number of hydrogen-bond donors (Lipinski definition) is 2. The molecule has 0 spiro atoms. The van der Waals surface area contributed by atoms with Gasteiger partial charge in [0.1, 0.15) is 17.2 Å². The fourth-order valence-corrected chi connectivity index (χ4v) is 5.08. The molecule has 2 N–H and O–H groups in total.